The second-order valence-corrected chi connectivity index (χ2v) is 17.7. The molecule has 3 atom stereocenters. The van der Waals surface area contributed by atoms with Crippen LogP contribution in [0.1, 0.15) is 59.1 Å². The standard InChI is InChI=1S/C25H37NO2SSi/c1-22(2,3)29(27)26-24(20-15-11-9-12-16-20)19-25(24,21-17-13-10-14-18-21)28-30(7,8)23(4,5)6/h9-18,26H,19H2,1-8H3/t24-,25+,29?/m1/s1. The second kappa shape index (κ2) is 7.70. The molecule has 1 aliphatic carbocycles. The van der Waals surface area contributed by atoms with Crippen molar-refractivity contribution in [3.05, 3.63) is 71.8 Å². The van der Waals surface area contributed by atoms with Crippen molar-refractivity contribution in [3.63, 3.8) is 0 Å². The van der Waals surface area contributed by atoms with Gasteiger partial charge in [0, 0.05) is 6.42 Å². The molecule has 0 heterocycles. The fourth-order valence-electron chi connectivity index (χ4n) is 3.70. The Bertz CT molecular complexity index is 902. The van der Waals surface area contributed by atoms with E-state index in [-0.39, 0.29) is 9.79 Å². The molecule has 1 saturated carbocycles. The summed E-state index contributed by atoms with van der Waals surface area (Å²) in [5, 5.41) is 0.0724. The molecule has 0 radical (unpaired) electrons. The molecular formula is C25H37NO2SSi. The van der Waals surface area contributed by atoms with Crippen LogP contribution in [0.5, 0.6) is 0 Å². The van der Waals surface area contributed by atoms with Crippen molar-refractivity contribution in [2.24, 2.45) is 0 Å². The van der Waals surface area contributed by atoms with E-state index < -0.39 is 30.4 Å². The van der Waals surface area contributed by atoms with Gasteiger partial charge in [-0.3, -0.25) is 0 Å². The first-order valence-corrected chi connectivity index (χ1v) is 14.8. The molecule has 0 aliphatic heterocycles. The number of benzene rings is 2. The van der Waals surface area contributed by atoms with Gasteiger partial charge < -0.3 is 4.43 Å². The molecule has 0 amide bonds. The van der Waals surface area contributed by atoms with Gasteiger partial charge in [-0.1, -0.05) is 81.4 Å². The third-order valence-corrected chi connectivity index (χ3v) is 12.8. The summed E-state index contributed by atoms with van der Waals surface area (Å²) < 4.78 is 23.7. The molecule has 3 rings (SSSR count). The van der Waals surface area contributed by atoms with Crippen LogP contribution < -0.4 is 4.72 Å². The quantitative estimate of drug-likeness (QED) is 0.536. The molecule has 5 heteroatoms. The maximum atomic E-state index is 13.3. The molecule has 1 N–H and O–H groups in total. The van der Waals surface area contributed by atoms with Crippen molar-refractivity contribution < 1.29 is 8.63 Å². The lowest BCUT2D eigenvalue weighted by Gasteiger charge is -2.42. The molecule has 3 nitrogen and oxygen atoms in total. The molecule has 1 unspecified atom stereocenters. The largest absolute Gasteiger partial charge is 0.405 e. The Morgan fingerprint density at radius 1 is 0.867 bits per heavy atom. The minimum atomic E-state index is -2.12. The van der Waals surface area contributed by atoms with Crippen LogP contribution >= 0.6 is 0 Å². The molecule has 2 aromatic carbocycles. The molecule has 1 aliphatic rings. The zero-order chi connectivity index (χ0) is 22.4. The number of nitrogens with one attached hydrogen (secondary N) is 1. The van der Waals surface area contributed by atoms with Crippen molar-refractivity contribution >= 4 is 19.3 Å². The number of hydrogen-bond acceptors (Lipinski definition) is 2. The van der Waals surface area contributed by atoms with E-state index in [4.69, 9.17) is 4.43 Å². The average Bonchev–Trinajstić information content (AvgIpc) is 3.29. The lowest BCUT2D eigenvalue weighted by Crippen LogP contribution is -2.50. The molecule has 0 aromatic heterocycles. The summed E-state index contributed by atoms with van der Waals surface area (Å²) in [7, 11) is -3.35. The lowest BCUT2D eigenvalue weighted by atomic mass is 9.97. The van der Waals surface area contributed by atoms with Crippen LogP contribution in [0, 0.1) is 0 Å². The predicted molar refractivity (Wildman–Crippen MR) is 130 cm³/mol. The monoisotopic (exact) mass is 443 g/mol. The molecule has 2 aromatic rings. The summed E-state index contributed by atoms with van der Waals surface area (Å²) in [6.45, 7) is 17.4. The lowest BCUT2D eigenvalue weighted by molar-refractivity contribution is 0.126. The van der Waals surface area contributed by atoms with Gasteiger partial charge in [-0.2, -0.15) is 0 Å². The Morgan fingerprint density at radius 3 is 1.77 bits per heavy atom. The van der Waals surface area contributed by atoms with E-state index in [1.165, 1.54) is 0 Å². The van der Waals surface area contributed by atoms with E-state index in [1.807, 2.05) is 32.9 Å². The highest BCUT2D eigenvalue weighted by Gasteiger charge is 2.73. The van der Waals surface area contributed by atoms with E-state index in [2.05, 4.69) is 87.1 Å². The van der Waals surface area contributed by atoms with Crippen molar-refractivity contribution in [2.45, 2.75) is 82.0 Å². The Kier molecular flexibility index (Phi) is 6.00. The normalized spacial score (nSPS) is 25.7. The van der Waals surface area contributed by atoms with Gasteiger partial charge in [0.2, 0.25) is 0 Å². The molecule has 0 spiro atoms. The van der Waals surface area contributed by atoms with Crippen LogP contribution in [0.25, 0.3) is 0 Å². The van der Waals surface area contributed by atoms with E-state index in [1.54, 1.807) is 0 Å². The maximum absolute atomic E-state index is 13.3. The summed E-state index contributed by atoms with van der Waals surface area (Å²) in [6.07, 6.45) is 0.766. The minimum absolute atomic E-state index is 0.0724. The Morgan fingerprint density at radius 2 is 1.33 bits per heavy atom. The van der Waals surface area contributed by atoms with Crippen LogP contribution in [0.4, 0.5) is 0 Å². The highest BCUT2D eigenvalue weighted by atomic mass is 32.2. The topological polar surface area (TPSA) is 38.3 Å². The molecular weight excluding hydrogens is 406 g/mol. The minimum Gasteiger partial charge on any atom is -0.405 e. The smallest absolute Gasteiger partial charge is 0.193 e. The van der Waals surface area contributed by atoms with Crippen molar-refractivity contribution in [1.29, 1.82) is 0 Å². The van der Waals surface area contributed by atoms with Crippen molar-refractivity contribution in [3.8, 4) is 0 Å². The first kappa shape index (κ1) is 23.4. The Labute approximate surface area is 186 Å². The van der Waals surface area contributed by atoms with E-state index in [0.29, 0.717) is 0 Å². The highest BCUT2D eigenvalue weighted by Crippen LogP contribution is 2.66. The Balaban J connectivity index is 2.18. The first-order chi connectivity index (χ1) is 13.8. The van der Waals surface area contributed by atoms with E-state index in [9.17, 15) is 4.21 Å². The van der Waals surface area contributed by atoms with Gasteiger partial charge in [0.25, 0.3) is 0 Å². The first-order valence-electron chi connectivity index (χ1n) is 10.8. The second-order valence-electron chi connectivity index (χ2n) is 11.0. The summed E-state index contributed by atoms with van der Waals surface area (Å²) >= 11 is 0. The highest BCUT2D eigenvalue weighted by molar-refractivity contribution is 7.84. The van der Waals surface area contributed by atoms with Gasteiger partial charge in [-0.25, -0.2) is 8.93 Å². The average molecular weight is 444 g/mol. The summed E-state index contributed by atoms with van der Waals surface area (Å²) in [4.78, 5) is 0. The molecule has 1 fully saturated rings. The predicted octanol–water partition coefficient (Wildman–Crippen LogP) is 6.25. The van der Waals surface area contributed by atoms with Crippen molar-refractivity contribution in [1.82, 2.24) is 4.72 Å². The van der Waals surface area contributed by atoms with Crippen LogP contribution in [-0.2, 0) is 26.6 Å². The third kappa shape index (κ3) is 4.09. The maximum Gasteiger partial charge on any atom is 0.193 e. The Hall–Kier alpha value is -1.27. The summed E-state index contributed by atoms with van der Waals surface area (Å²) in [6, 6.07) is 20.9. The summed E-state index contributed by atoms with van der Waals surface area (Å²) in [5.74, 6) is 0. The van der Waals surface area contributed by atoms with Crippen LogP contribution in [0.3, 0.4) is 0 Å². The van der Waals surface area contributed by atoms with Gasteiger partial charge in [0.1, 0.15) is 5.60 Å². The zero-order valence-electron chi connectivity index (χ0n) is 19.7. The molecule has 0 saturated heterocycles. The van der Waals surface area contributed by atoms with Crippen molar-refractivity contribution in [2.75, 3.05) is 0 Å². The van der Waals surface area contributed by atoms with Gasteiger partial charge >= 0.3 is 0 Å². The SMILES string of the molecule is CC(C)(C)S(=O)N[C@@]1(c2ccccc2)C[C@]1(O[Si](C)(C)C(C)(C)C)c1ccccc1. The van der Waals surface area contributed by atoms with Gasteiger partial charge in [-0.05, 0) is 50.0 Å². The van der Waals surface area contributed by atoms with Gasteiger partial charge in [0.15, 0.2) is 8.32 Å². The van der Waals surface area contributed by atoms with Gasteiger partial charge in [0.05, 0.1) is 21.3 Å². The fourth-order valence-corrected chi connectivity index (χ4v) is 6.22. The zero-order valence-corrected chi connectivity index (χ0v) is 21.5. The molecule has 30 heavy (non-hydrogen) atoms. The van der Waals surface area contributed by atoms with Gasteiger partial charge in [-0.15, -0.1) is 0 Å². The van der Waals surface area contributed by atoms with Crippen LogP contribution in [-0.4, -0.2) is 17.3 Å². The van der Waals surface area contributed by atoms with Crippen LogP contribution in [0.2, 0.25) is 18.1 Å². The number of hydrogen-bond donors (Lipinski definition) is 1. The fraction of sp³-hybridized carbons (Fsp3) is 0.520. The summed E-state index contributed by atoms with van der Waals surface area (Å²) in [5.41, 5.74) is 1.21. The number of rotatable bonds is 6. The van der Waals surface area contributed by atoms with E-state index >= 15 is 0 Å². The third-order valence-electron chi connectivity index (χ3n) is 6.64. The van der Waals surface area contributed by atoms with E-state index in [0.717, 1.165) is 17.5 Å². The molecule has 0 bridgehead atoms. The molecule has 164 valence electrons. The van der Waals surface area contributed by atoms with Crippen LogP contribution in [0.15, 0.2) is 60.7 Å².